The lowest BCUT2D eigenvalue weighted by molar-refractivity contribution is 1.02. The highest BCUT2D eigenvalue weighted by Gasteiger charge is 2.35. The molecular formula is C19H14N2. The molecule has 0 saturated carbocycles. The molecule has 4 rings (SSSR count). The van der Waals surface area contributed by atoms with Gasteiger partial charge in [0.1, 0.15) is 6.04 Å². The summed E-state index contributed by atoms with van der Waals surface area (Å²) in [5.41, 5.74) is 11.6. The molecule has 1 unspecified atom stereocenters. The van der Waals surface area contributed by atoms with Crippen molar-refractivity contribution in [3.63, 3.8) is 0 Å². The van der Waals surface area contributed by atoms with Gasteiger partial charge in [0.05, 0.1) is 5.69 Å². The van der Waals surface area contributed by atoms with Crippen LogP contribution in [0.5, 0.6) is 0 Å². The Hall–Kier alpha value is -2.92. The highest BCUT2D eigenvalue weighted by Crippen LogP contribution is 2.45. The quantitative estimate of drug-likeness (QED) is 0.804. The van der Waals surface area contributed by atoms with Crippen LogP contribution >= 0.6 is 0 Å². The van der Waals surface area contributed by atoms with Gasteiger partial charge < -0.3 is 10.6 Å². The highest BCUT2D eigenvalue weighted by molar-refractivity contribution is 5.96. The van der Waals surface area contributed by atoms with E-state index in [1.165, 1.54) is 5.56 Å². The second-order valence-corrected chi connectivity index (χ2v) is 5.12. The fraction of sp³-hybridized carbons (Fsp3) is 0.0526. The van der Waals surface area contributed by atoms with Crippen LogP contribution in [-0.2, 0) is 0 Å². The fourth-order valence-corrected chi connectivity index (χ4v) is 3.00. The molecule has 1 aliphatic heterocycles. The first-order chi connectivity index (χ1) is 10.4. The van der Waals surface area contributed by atoms with Crippen molar-refractivity contribution < 1.29 is 0 Å². The van der Waals surface area contributed by atoms with E-state index in [9.17, 15) is 0 Å². The van der Waals surface area contributed by atoms with Gasteiger partial charge in [-0.05, 0) is 30.4 Å². The number of nitrogens with zero attached hydrogens (tertiary/aromatic N) is 1. The number of fused-ring (bicyclic) bond motifs is 3. The SMILES string of the molecule is NC1=C2c3ccccc3N(c3ccccc3)C2C#CC=C1. The standard InChI is InChI=1S/C19H14N2/c20-16-11-5-7-13-18-19(16)15-10-4-6-12-17(15)21(18)14-8-2-1-3-9-14/h1-6,8-12,18H,20H2. The molecule has 0 amide bonds. The summed E-state index contributed by atoms with van der Waals surface area (Å²) in [6.07, 6.45) is 3.72. The molecule has 2 aliphatic rings. The first-order valence-corrected chi connectivity index (χ1v) is 6.97. The molecule has 0 spiro atoms. The van der Waals surface area contributed by atoms with Crippen LogP contribution in [0.15, 0.2) is 72.4 Å². The van der Waals surface area contributed by atoms with Gasteiger partial charge in [-0.15, -0.1) is 0 Å². The Balaban J connectivity index is 2.00. The zero-order valence-corrected chi connectivity index (χ0v) is 11.5. The topological polar surface area (TPSA) is 29.3 Å². The molecule has 100 valence electrons. The van der Waals surface area contributed by atoms with Crippen LogP contribution in [-0.4, -0.2) is 6.04 Å². The summed E-state index contributed by atoms with van der Waals surface area (Å²) in [5, 5.41) is 0. The summed E-state index contributed by atoms with van der Waals surface area (Å²) >= 11 is 0. The molecule has 2 aromatic rings. The van der Waals surface area contributed by atoms with Crippen molar-refractivity contribution >= 4 is 16.9 Å². The Morgan fingerprint density at radius 2 is 1.71 bits per heavy atom. The predicted molar refractivity (Wildman–Crippen MR) is 86.8 cm³/mol. The minimum absolute atomic E-state index is 0.0280. The van der Waals surface area contributed by atoms with Crippen molar-refractivity contribution in [3.8, 4) is 11.8 Å². The minimum atomic E-state index is -0.0280. The Bertz CT molecular complexity index is 819. The molecule has 1 heterocycles. The molecule has 2 nitrogen and oxygen atoms in total. The number of anilines is 2. The minimum Gasteiger partial charge on any atom is -0.398 e. The number of nitrogens with two attached hydrogens (primary N) is 1. The van der Waals surface area contributed by atoms with Crippen LogP contribution < -0.4 is 10.6 Å². The average Bonchev–Trinajstić information content (AvgIpc) is 2.74. The average molecular weight is 270 g/mol. The maximum atomic E-state index is 6.26. The van der Waals surface area contributed by atoms with Gasteiger partial charge in [-0.1, -0.05) is 48.2 Å². The van der Waals surface area contributed by atoms with Crippen molar-refractivity contribution in [2.45, 2.75) is 6.04 Å². The normalized spacial score (nSPS) is 18.7. The van der Waals surface area contributed by atoms with Crippen LogP contribution in [0.25, 0.3) is 5.57 Å². The van der Waals surface area contributed by atoms with Gasteiger partial charge in [-0.25, -0.2) is 0 Å². The lowest BCUT2D eigenvalue weighted by Crippen LogP contribution is -2.26. The first-order valence-electron chi connectivity index (χ1n) is 6.97. The summed E-state index contributed by atoms with van der Waals surface area (Å²) in [6, 6.07) is 18.7. The summed E-state index contributed by atoms with van der Waals surface area (Å²) in [6.45, 7) is 0. The molecule has 0 fully saturated rings. The molecule has 2 N–H and O–H groups in total. The van der Waals surface area contributed by atoms with E-state index in [0.717, 1.165) is 22.6 Å². The van der Waals surface area contributed by atoms with Crippen LogP contribution in [0.2, 0.25) is 0 Å². The second kappa shape index (κ2) is 4.57. The van der Waals surface area contributed by atoms with E-state index < -0.39 is 0 Å². The maximum absolute atomic E-state index is 6.26. The number of hydrogen-bond acceptors (Lipinski definition) is 2. The highest BCUT2D eigenvalue weighted by atomic mass is 15.2. The van der Waals surface area contributed by atoms with Crippen molar-refractivity contribution in [1.29, 1.82) is 0 Å². The number of para-hydroxylation sites is 2. The largest absolute Gasteiger partial charge is 0.398 e. The molecule has 1 aliphatic carbocycles. The number of benzene rings is 2. The molecule has 0 aromatic heterocycles. The molecule has 0 radical (unpaired) electrons. The Morgan fingerprint density at radius 1 is 0.952 bits per heavy atom. The van der Waals surface area contributed by atoms with E-state index >= 15 is 0 Å². The number of allylic oxidation sites excluding steroid dienone is 2. The molecule has 21 heavy (non-hydrogen) atoms. The molecule has 2 heteroatoms. The van der Waals surface area contributed by atoms with E-state index in [0.29, 0.717) is 0 Å². The van der Waals surface area contributed by atoms with Crippen LogP contribution in [0.3, 0.4) is 0 Å². The third kappa shape index (κ3) is 1.75. The zero-order valence-electron chi connectivity index (χ0n) is 11.5. The summed E-state index contributed by atoms with van der Waals surface area (Å²) in [4.78, 5) is 2.26. The molecule has 2 aromatic carbocycles. The Kier molecular flexibility index (Phi) is 2.58. The lowest BCUT2D eigenvalue weighted by Gasteiger charge is -2.24. The summed E-state index contributed by atoms with van der Waals surface area (Å²) in [5.74, 6) is 6.41. The predicted octanol–water partition coefficient (Wildman–Crippen LogP) is 3.45. The lowest BCUT2D eigenvalue weighted by atomic mass is 10.0. The van der Waals surface area contributed by atoms with Gasteiger partial charge in [0, 0.05) is 22.5 Å². The molecule has 0 bridgehead atoms. The van der Waals surface area contributed by atoms with E-state index in [1.807, 2.05) is 36.4 Å². The van der Waals surface area contributed by atoms with Gasteiger partial charge in [-0.2, -0.15) is 0 Å². The van der Waals surface area contributed by atoms with Gasteiger partial charge in [0.15, 0.2) is 0 Å². The Labute approximate surface area is 124 Å². The third-order valence-corrected chi connectivity index (χ3v) is 3.90. The van der Waals surface area contributed by atoms with Crippen molar-refractivity contribution in [1.82, 2.24) is 0 Å². The van der Waals surface area contributed by atoms with Crippen LogP contribution in [0.1, 0.15) is 5.56 Å². The van der Waals surface area contributed by atoms with Gasteiger partial charge in [0.2, 0.25) is 0 Å². The van der Waals surface area contributed by atoms with E-state index in [4.69, 9.17) is 5.73 Å². The summed E-state index contributed by atoms with van der Waals surface area (Å²) in [7, 11) is 0. The third-order valence-electron chi connectivity index (χ3n) is 3.90. The van der Waals surface area contributed by atoms with Gasteiger partial charge >= 0.3 is 0 Å². The number of hydrogen-bond donors (Lipinski definition) is 1. The van der Waals surface area contributed by atoms with E-state index in [1.54, 1.807) is 0 Å². The smallest absolute Gasteiger partial charge is 0.123 e. The summed E-state index contributed by atoms with van der Waals surface area (Å²) < 4.78 is 0. The fourth-order valence-electron chi connectivity index (χ4n) is 3.00. The monoisotopic (exact) mass is 270 g/mol. The number of rotatable bonds is 1. The van der Waals surface area contributed by atoms with Crippen molar-refractivity contribution in [2.75, 3.05) is 4.90 Å². The molecule has 1 atom stereocenters. The maximum Gasteiger partial charge on any atom is 0.123 e. The second-order valence-electron chi connectivity index (χ2n) is 5.12. The zero-order chi connectivity index (χ0) is 14.2. The van der Waals surface area contributed by atoms with E-state index in [2.05, 4.69) is 47.1 Å². The van der Waals surface area contributed by atoms with Gasteiger partial charge in [-0.3, -0.25) is 0 Å². The van der Waals surface area contributed by atoms with Crippen molar-refractivity contribution in [3.05, 3.63) is 78.0 Å². The van der Waals surface area contributed by atoms with Crippen LogP contribution in [0.4, 0.5) is 11.4 Å². The van der Waals surface area contributed by atoms with E-state index in [-0.39, 0.29) is 6.04 Å². The molecule has 0 saturated heterocycles. The Morgan fingerprint density at radius 3 is 2.57 bits per heavy atom. The first kappa shape index (κ1) is 11.9. The molecular weight excluding hydrogens is 256 g/mol. The van der Waals surface area contributed by atoms with Crippen molar-refractivity contribution in [2.24, 2.45) is 5.73 Å². The van der Waals surface area contributed by atoms with Crippen LogP contribution in [0, 0.1) is 11.8 Å². The van der Waals surface area contributed by atoms with Gasteiger partial charge in [0.25, 0.3) is 0 Å².